The molecular formula is C24H22N2O3. The summed E-state index contributed by atoms with van der Waals surface area (Å²) >= 11 is 0. The van der Waals surface area contributed by atoms with E-state index in [1.54, 1.807) is 17.0 Å². The summed E-state index contributed by atoms with van der Waals surface area (Å²) in [5.41, 5.74) is 3.61. The molecule has 2 amide bonds. The first kappa shape index (κ1) is 18.7. The zero-order chi connectivity index (χ0) is 20.1. The fourth-order valence-corrected chi connectivity index (χ4v) is 3.44. The summed E-state index contributed by atoms with van der Waals surface area (Å²) in [7, 11) is 0. The van der Waals surface area contributed by atoms with Gasteiger partial charge in [0, 0.05) is 29.9 Å². The molecule has 0 radical (unpaired) electrons. The largest absolute Gasteiger partial charge is 0.484 e. The summed E-state index contributed by atoms with van der Waals surface area (Å²) in [5, 5.41) is 2.92. The standard InChI is InChI=1S/C24H22N2O3/c27-23(25-22-10-5-4-9-21(22)18-7-2-1-3-8-18)17-29-20-14-12-19(13-15-20)26-16-6-11-24(26)28/h1-5,7-10,12-15H,6,11,16-17H2,(H,25,27). The number of carbonyl (C=O) groups is 2. The van der Waals surface area contributed by atoms with Crippen molar-refractivity contribution in [2.45, 2.75) is 12.8 Å². The Bertz CT molecular complexity index is 1000. The fraction of sp³-hybridized carbons (Fsp3) is 0.167. The molecule has 146 valence electrons. The molecule has 1 aliphatic heterocycles. The second-order valence-electron chi connectivity index (χ2n) is 6.89. The molecule has 0 unspecified atom stereocenters. The molecule has 1 saturated heterocycles. The number of rotatable bonds is 6. The van der Waals surface area contributed by atoms with Crippen LogP contribution in [-0.4, -0.2) is 25.0 Å². The van der Waals surface area contributed by atoms with E-state index in [-0.39, 0.29) is 18.4 Å². The Morgan fingerprint density at radius 3 is 2.38 bits per heavy atom. The van der Waals surface area contributed by atoms with Crippen molar-refractivity contribution in [3.8, 4) is 16.9 Å². The van der Waals surface area contributed by atoms with Crippen molar-refractivity contribution in [3.05, 3.63) is 78.9 Å². The Kier molecular flexibility index (Phi) is 5.56. The van der Waals surface area contributed by atoms with E-state index in [0.717, 1.165) is 35.5 Å². The number of nitrogens with zero attached hydrogens (tertiary/aromatic N) is 1. The molecule has 1 aliphatic rings. The molecular weight excluding hydrogens is 364 g/mol. The normalized spacial score (nSPS) is 13.4. The minimum absolute atomic E-state index is 0.0921. The molecule has 3 aromatic rings. The van der Waals surface area contributed by atoms with Crippen LogP contribution >= 0.6 is 0 Å². The van der Waals surface area contributed by atoms with Crippen molar-refractivity contribution in [2.24, 2.45) is 0 Å². The van der Waals surface area contributed by atoms with Crippen molar-refractivity contribution in [1.29, 1.82) is 0 Å². The van der Waals surface area contributed by atoms with Gasteiger partial charge in [0.05, 0.1) is 0 Å². The molecule has 5 nitrogen and oxygen atoms in total. The number of nitrogens with one attached hydrogen (secondary N) is 1. The third kappa shape index (κ3) is 4.46. The van der Waals surface area contributed by atoms with Gasteiger partial charge in [-0.2, -0.15) is 0 Å². The summed E-state index contributed by atoms with van der Waals surface area (Å²) in [5.74, 6) is 0.509. The van der Waals surface area contributed by atoms with Crippen LogP contribution in [0.15, 0.2) is 78.9 Å². The van der Waals surface area contributed by atoms with Crippen molar-refractivity contribution < 1.29 is 14.3 Å². The zero-order valence-corrected chi connectivity index (χ0v) is 16.0. The highest BCUT2D eigenvalue weighted by atomic mass is 16.5. The number of benzene rings is 3. The second kappa shape index (κ2) is 8.61. The van der Waals surface area contributed by atoms with Gasteiger partial charge in [-0.05, 0) is 42.3 Å². The van der Waals surface area contributed by atoms with Crippen molar-refractivity contribution >= 4 is 23.2 Å². The molecule has 1 N–H and O–H groups in total. The van der Waals surface area contributed by atoms with Gasteiger partial charge in [-0.3, -0.25) is 9.59 Å². The Hall–Kier alpha value is -3.60. The minimum Gasteiger partial charge on any atom is -0.484 e. The third-order valence-electron chi connectivity index (χ3n) is 4.88. The average molecular weight is 386 g/mol. The van der Waals surface area contributed by atoms with Gasteiger partial charge in [-0.1, -0.05) is 48.5 Å². The molecule has 0 spiro atoms. The van der Waals surface area contributed by atoms with Gasteiger partial charge in [-0.15, -0.1) is 0 Å². The maximum absolute atomic E-state index is 12.4. The Labute approximate surface area is 169 Å². The van der Waals surface area contributed by atoms with E-state index >= 15 is 0 Å². The van der Waals surface area contributed by atoms with Crippen LogP contribution in [0.1, 0.15) is 12.8 Å². The van der Waals surface area contributed by atoms with Crippen LogP contribution in [-0.2, 0) is 9.59 Å². The number of hydrogen-bond donors (Lipinski definition) is 1. The topological polar surface area (TPSA) is 58.6 Å². The molecule has 5 heteroatoms. The second-order valence-corrected chi connectivity index (χ2v) is 6.89. The van der Waals surface area contributed by atoms with Crippen molar-refractivity contribution in [2.75, 3.05) is 23.4 Å². The van der Waals surface area contributed by atoms with Gasteiger partial charge in [-0.25, -0.2) is 0 Å². The number of amides is 2. The van der Waals surface area contributed by atoms with E-state index in [0.29, 0.717) is 12.2 Å². The summed E-state index contributed by atoms with van der Waals surface area (Å²) < 4.78 is 5.61. The van der Waals surface area contributed by atoms with E-state index in [1.807, 2.05) is 66.7 Å². The molecule has 1 fully saturated rings. The van der Waals surface area contributed by atoms with E-state index in [1.165, 1.54) is 0 Å². The number of para-hydroxylation sites is 1. The molecule has 1 heterocycles. The summed E-state index contributed by atoms with van der Waals surface area (Å²) in [6.45, 7) is 0.660. The lowest BCUT2D eigenvalue weighted by Gasteiger charge is -2.16. The van der Waals surface area contributed by atoms with Gasteiger partial charge in [0.25, 0.3) is 5.91 Å². The smallest absolute Gasteiger partial charge is 0.262 e. The maximum Gasteiger partial charge on any atom is 0.262 e. The average Bonchev–Trinajstić information content (AvgIpc) is 3.19. The molecule has 4 rings (SSSR count). The minimum atomic E-state index is -0.229. The molecule has 29 heavy (non-hydrogen) atoms. The van der Waals surface area contributed by atoms with Crippen LogP contribution in [0.25, 0.3) is 11.1 Å². The molecule has 0 aliphatic carbocycles. The third-order valence-corrected chi connectivity index (χ3v) is 4.88. The van der Waals surface area contributed by atoms with E-state index < -0.39 is 0 Å². The summed E-state index contributed by atoms with van der Waals surface area (Å²) in [6.07, 6.45) is 1.49. The van der Waals surface area contributed by atoms with Crippen LogP contribution in [0.4, 0.5) is 11.4 Å². The first-order valence-corrected chi connectivity index (χ1v) is 9.68. The quantitative estimate of drug-likeness (QED) is 0.679. The van der Waals surface area contributed by atoms with E-state index in [9.17, 15) is 9.59 Å². The monoisotopic (exact) mass is 386 g/mol. The lowest BCUT2D eigenvalue weighted by Crippen LogP contribution is -2.23. The van der Waals surface area contributed by atoms with Crippen LogP contribution in [0.3, 0.4) is 0 Å². The van der Waals surface area contributed by atoms with Gasteiger partial charge in [0.15, 0.2) is 6.61 Å². The highest BCUT2D eigenvalue weighted by Gasteiger charge is 2.21. The molecule has 0 aromatic heterocycles. The van der Waals surface area contributed by atoms with Gasteiger partial charge in [0.1, 0.15) is 5.75 Å². The lowest BCUT2D eigenvalue weighted by atomic mass is 10.0. The fourth-order valence-electron chi connectivity index (χ4n) is 3.44. The Balaban J connectivity index is 1.37. The predicted octanol–water partition coefficient (Wildman–Crippen LogP) is 4.50. The number of carbonyl (C=O) groups excluding carboxylic acids is 2. The first-order chi connectivity index (χ1) is 14.2. The lowest BCUT2D eigenvalue weighted by molar-refractivity contribution is -0.118. The highest BCUT2D eigenvalue weighted by molar-refractivity contribution is 5.96. The Morgan fingerprint density at radius 1 is 0.931 bits per heavy atom. The van der Waals surface area contributed by atoms with Crippen LogP contribution in [0.5, 0.6) is 5.75 Å². The van der Waals surface area contributed by atoms with Crippen LogP contribution in [0, 0.1) is 0 Å². The van der Waals surface area contributed by atoms with E-state index in [4.69, 9.17) is 4.74 Å². The molecule has 0 saturated carbocycles. The van der Waals surface area contributed by atoms with Crippen molar-refractivity contribution in [1.82, 2.24) is 0 Å². The van der Waals surface area contributed by atoms with Gasteiger partial charge < -0.3 is 15.0 Å². The maximum atomic E-state index is 12.4. The van der Waals surface area contributed by atoms with Crippen LogP contribution in [0.2, 0.25) is 0 Å². The van der Waals surface area contributed by atoms with Crippen molar-refractivity contribution in [3.63, 3.8) is 0 Å². The van der Waals surface area contributed by atoms with Crippen LogP contribution < -0.4 is 15.0 Å². The number of ether oxygens (including phenoxy) is 1. The van der Waals surface area contributed by atoms with E-state index in [2.05, 4.69) is 5.32 Å². The summed E-state index contributed by atoms with van der Waals surface area (Å²) in [4.78, 5) is 26.0. The number of hydrogen-bond acceptors (Lipinski definition) is 3. The molecule has 3 aromatic carbocycles. The zero-order valence-electron chi connectivity index (χ0n) is 16.0. The Morgan fingerprint density at radius 2 is 1.66 bits per heavy atom. The molecule has 0 bridgehead atoms. The van der Waals surface area contributed by atoms with Gasteiger partial charge >= 0.3 is 0 Å². The highest BCUT2D eigenvalue weighted by Crippen LogP contribution is 2.28. The number of anilines is 2. The molecule has 0 atom stereocenters. The SMILES string of the molecule is O=C(COc1ccc(N2CCCC2=O)cc1)Nc1ccccc1-c1ccccc1. The summed E-state index contributed by atoms with van der Waals surface area (Å²) in [6, 6.07) is 24.9. The first-order valence-electron chi connectivity index (χ1n) is 9.68. The van der Waals surface area contributed by atoms with Gasteiger partial charge in [0.2, 0.25) is 5.91 Å². The predicted molar refractivity (Wildman–Crippen MR) is 114 cm³/mol.